The molecule has 178 valence electrons. The van der Waals surface area contributed by atoms with Gasteiger partial charge in [0.2, 0.25) is 0 Å². The highest BCUT2D eigenvalue weighted by Crippen LogP contribution is 2.24. The number of hydrogen-bond acceptors (Lipinski definition) is 5. The number of fused-ring (bicyclic) bond motifs is 1. The molecule has 0 aliphatic carbocycles. The van der Waals surface area contributed by atoms with Crippen molar-refractivity contribution in [3.8, 4) is 0 Å². The van der Waals surface area contributed by atoms with Crippen molar-refractivity contribution in [3.63, 3.8) is 0 Å². The van der Waals surface area contributed by atoms with E-state index < -0.39 is 6.09 Å². The zero-order valence-corrected chi connectivity index (χ0v) is 19.4. The average molecular weight is 472 g/mol. The van der Waals surface area contributed by atoms with Crippen LogP contribution in [0.1, 0.15) is 50.5 Å². The maximum absolute atomic E-state index is 12.9. The summed E-state index contributed by atoms with van der Waals surface area (Å²) in [7, 11) is 0. The maximum Gasteiger partial charge on any atom is 0.411 e. The van der Waals surface area contributed by atoms with Crippen LogP contribution in [0.5, 0.6) is 0 Å². The van der Waals surface area contributed by atoms with E-state index in [4.69, 9.17) is 4.74 Å². The Kier molecular flexibility index (Phi) is 6.91. The summed E-state index contributed by atoms with van der Waals surface area (Å²) in [5, 5.41) is 5.43. The minimum atomic E-state index is -0.567. The minimum absolute atomic E-state index is 0.0609. The largest absolute Gasteiger partial charge is 0.449 e. The molecular weight excluding hydrogens is 446 g/mol. The second kappa shape index (κ2) is 10.2. The number of nitrogens with one attached hydrogen (secondary N) is 2. The standard InChI is InChI=1S/C27H25N3O5/c1-17(2)16-35-27(34)29-21-10-6-9-20(14-21)28-24(31)19-8-5-7-18(13-19)15-30-25(32)22-11-3-4-12-23(22)26(30)33/h3-14,17H,15-16H2,1-2H3,(H,28,31)(H,29,34). The van der Waals surface area contributed by atoms with Gasteiger partial charge in [-0.1, -0.05) is 44.2 Å². The number of ether oxygens (including phenoxy) is 1. The van der Waals surface area contributed by atoms with Crippen LogP contribution in [0.3, 0.4) is 0 Å². The topological polar surface area (TPSA) is 105 Å². The van der Waals surface area contributed by atoms with Gasteiger partial charge in [-0.05, 0) is 53.9 Å². The molecule has 0 saturated heterocycles. The number of carbonyl (C=O) groups is 4. The van der Waals surface area contributed by atoms with Gasteiger partial charge in [0, 0.05) is 16.9 Å². The van der Waals surface area contributed by atoms with Crippen LogP contribution in [0.2, 0.25) is 0 Å². The summed E-state index contributed by atoms with van der Waals surface area (Å²) in [5.74, 6) is -0.846. The van der Waals surface area contributed by atoms with Gasteiger partial charge in [0.15, 0.2) is 0 Å². The second-order valence-corrected chi connectivity index (χ2v) is 8.59. The van der Waals surface area contributed by atoms with Crippen molar-refractivity contribution in [2.24, 2.45) is 5.92 Å². The summed E-state index contributed by atoms with van der Waals surface area (Å²) in [6.07, 6.45) is -0.567. The van der Waals surface area contributed by atoms with Crippen molar-refractivity contribution in [3.05, 3.63) is 95.1 Å². The summed E-state index contributed by atoms with van der Waals surface area (Å²) < 4.78 is 5.11. The quantitative estimate of drug-likeness (QED) is 0.475. The highest BCUT2D eigenvalue weighted by Gasteiger charge is 2.35. The van der Waals surface area contributed by atoms with Gasteiger partial charge in [0.25, 0.3) is 17.7 Å². The van der Waals surface area contributed by atoms with Crippen LogP contribution in [0, 0.1) is 5.92 Å². The molecule has 1 aliphatic rings. The number of hydrogen-bond donors (Lipinski definition) is 2. The lowest BCUT2D eigenvalue weighted by atomic mass is 10.1. The van der Waals surface area contributed by atoms with E-state index in [2.05, 4.69) is 10.6 Å². The van der Waals surface area contributed by atoms with Crippen LogP contribution >= 0.6 is 0 Å². The third kappa shape index (κ3) is 5.55. The molecule has 0 saturated carbocycles. The summed E-state index contributed by atoms with van der Waals surface area (Å²) in [5.41, 5.74) is 2.75. The van der Waals surface area contributed by atoms with Gasteiger partial charge in [0.05, 0.1) is 24.3 Å². The summed E-state index contributed by atoms with van der Waals surface area (Å²) >= 11 is 0. The molecule has 4 rings (SSSR count). The number of carbonyl (C=O) groups excluding carboxylic acids is 4. The lowest BCUT2D eigenvalue weighted by Gasteiger charge is -2.15. The minimum Gasteiger partial charge on any atom is -0.449 e. The van der Waals surface area contributed by atoms with Crippen molar-refractivity contribution in [2.75, 3.05) is 17.2 Å². The Hall–Kier alpha value is -4.46. The van der Waals surface area contributed by atoms with Crippen molar-refractivity contribution in [2.45, 2.75) is 20.4 Å². The number of benzene rings is 3. The first-order valence-electron chi connectivity index (χ1n) is 11.2. The molecule has 0 aromatic heterocycles. The molecule has 2 N–H and O–H groups in total. The van der Waals surface area contributed by atoms with E-state index >= 15 is 0 Å². The molecule has 8 heteroatoms. The van der Waals surface area contributed by atoms with Crippen molar-refractivity contribution >= 4 is 35.2 Å². The van der Waals surface area contributed by atoms with E-state index in [1.54, 1.807) is 72.8 Å². The normalized spacial score (nSPS) is 12.5. The molecule has 35 heavy (non-hydrogen) atoms. The van der Waals surface area contributed by atoms with Crippen LogP contribution in [0.15, 0.2) is 72.8 Å². The smallest absolute Gasteiger partial charge is 0.411 e. The number of anilines is 2. The first-order chi connectivity index (χ1) is 16.8. The lowest BCUT2D eigenvalue weighted by Crippen LogP contribution is -2.29. The number of amides is 4. The molecule has 0 radical (unpaired) electrons. The molecule has 0 unspecified atom stereocenters. The summed E-state index contributed by atoms with van der Waals surface area (Å²) in [6.45, 7) is 4.25. The summed E-state index contributed by atoms with van der Waals surface area (Å²) in [6, 6.07) is 20.2. The fraction of sp³-hybridized carbons (Fsp3) is 0.185. The highest BCUT2D eigenvalue weighted by molar-refractivity contribution is 6.21. The van der Waals surface area contributed by atoms with E-state index in [-0.39, 0.29) is 30.2 Å². The highest BCUT2D eigenvalue weighted by atomic mass is 16.5. The van der Waals surface area contributed by atoms with Crippen LogP contribution in [0.25, 0.3) is 0 Å². The van der Waals surface area contributed by atoms with Crippen LogP contribution < -0.4 is 10.6 Å². The Morgan fingerprint density at radius 1 is 0.829 bits per heavy atom. The van der Waals surface area contributed by atoms with E-state index in [9.17, 15) is 19.2 Å². The monoisotopic (exact) mass is 471 g/mol. The van der Waals surface area contributed by atoms with Gasteiger partial charge in [-0.15, -0.1) is 0 Å². The first-order valence-corrected chi connectivity index (χ1v) is 11.2. The van der Waals surface area contributed by atoms with Gasteiger partial charge in [-0.25, -0.2) is 4.79 Å². The summed E-state index contributed by atoms with van der Waals surface area (Å²) in [4.78, 5) is 51.2. The molecule has 4 amide bonds. The zero-order chi connectivity index (χ0) is 24.9. The Labute approximate surface area is 202 Å². The SMILES string of the molecule is CC(C)COC(=O)Nc1cccc(NC(=O)c2cccc(CN3C(=O)c4ccccc4C3=O)c2)c1. The Bertz CT molecular complexity index is 1270. The third-order valence-electron chi connectivity index (χ3n) is 5.32. The molecule has 3 aromatic rings. The van der Waals surface area contributed by atoms with Gasteiger partial charge in [0.1, 0.15) is 0 Å². The van der Waals surface area contributed by atoms with E-state index in [1.807, 2.05) is 13.8 Å². The van der Waals surface area contributed by atoms with Crippen molar-refractivity contribution in [1.82, 2.24) is 4.90 Å². The second-order valence-electron chi connectivity index (χ2n) is 8.59. The van der Waals surface area contributed by atoms with Gasteiger partial charge in [-0.3, -0.25) is 24.6 Å². The van der Waals surface area contributed by atoms with E-state index in [0.29, 0.717) is 40.2 Å². The molecule has 0 bridgehead atoms. The maximum atomic E-state index is 12.9. The Morgan fingerprint density at radius 3 is 2.11 bits per heavy atom. The predicted molar refractivity (Wildman–Crippen MR) is 131 cm³/mol. The van der Waals surface area contributed by atoms with E-state index in [1.165, 1.54) is 4.90 Å². The first kappa shape index (κ1) is 23.7. The van der Waals surface area contributed by atoms with Gasteiger partial charge >= 0.3 is 6.09 Å². The molecule has 0 atom stereocenters. The van der Waals surface area contributed by atoms with Crippen molar-refractivity contribution < 1.29 is 23.9 Å². The van der Waals surface area contributed by atoms with Gasteiger partial charge in [-0.2, -0.15) is 0 Å². The number of nitrogens with zero attached hydrogens (tertiary/aromatic N) is 1. The van der Waals surface area contributed by atoms with Gasteiger partial charge < -0.3 is 10.1 Å². The Morgan fingerprint density at radius 2 is 1.46 bits per heavy atom. The predicted octanol–water partition coefficient (Wildman–Crippen LogP) is 4.94. The number of imide groups is 1. The molecule has 0 fully saturated rings. The van der Waals surface area contributed by atoms with Crippen LogP contribution in [-0.2, 0) is 11.3 Å². The fourth-order valence-electron chi connectivity index (χ4n) is 3.65. The number of rotatable bonds is 7. The molecule has 8 nitrogen and oxygen atoms in total. The van der Waals surface area contributed by atoms with E-state index in [0.717, 1.165) is 0 Å². The molecule has 1 heterocycles. The van der Waals surface area contributed by atoms with Crippen LogP contribution in [-0.4, -0.2) is 35.3 Å². The third-order valence-corrected chi connectivity index (χ3v) is 5.32. The molecule has 0 spiro atoms. The lowest BCUT2D eigenvalue weighted by molar-refractivity contribution is 0.0642. The van der Waals surface area contributed by atoms with Crippen LogP contribution in [0.4, 0.5) is 16.2 Å². The Balaban J connectivity index is 1.41. The average Bonchev–Trinajstić information content (AvgIpc) is 3.08. The molecular formula is C27H25N3O5. The molecule has 1 aliphatic heterocycles. The fourth-order valence-corrected chi connectivity index (χ4v) is 3.65. The van der Waals surface area contributed by atoms with Crippen molar-refractivity contribution in [1.29, 1.82) is 0 Å². The zero-order valence-electron chi connectivity index (χ0n) is 19.4. The molecule has 3 aromatic carbocycles.